The molecule has 0 aliphatic heterocycles. The predicted molar refractivity (Wildman–Crippen MR) is 50.7 cm³/mol. The second-order valence-corrected chi connectivity index (χ2v) is 3.63. The van der Waals surface area contributed by atoms with Gasteiger partial charge in [0.05, 0.1) is 0 Å². The van der Waals surface area contributed by atoms with E-state index in [-0.39, 0.29) is 0 Å². The number of nitrogens with zero attached hydrogens (tertiary/aromatic N) is 2. The number of H-pyrrole nitrogens is 1. The van der Waals surface area contributed by atoms with Crippen LogP contribution in [0.2, 0.25) is 0 Å². The summed E-state index contributed by atoms with van der Waals surface area (Å²) in [4.78, 5) is 0. The second-order valence-electron chi connectivity index (χ2n) is 3.25. The highest BCUT2D eigenvalue weighted by Crippen LogP contribution is 2.04. The molecule has 12 heavy (non-hydrogen) atoms. The summed E-state index contributed by atoms with van der Waals surface area (Å²) in [6.45, 7) is 4.34. The number of nitrogens with one attached hydrogen (secondary N) is 1. The van der Waals surface area contributed by atoms with Crippen LogP contribution in [-0.2, 0) is 6.42 Å². The first-order valence-corrected chi connectivity index (χ1v) is 4.43. The van der Waals surface area contributed by atoms with Crippen molar-refractivity contribution in [1.29, 1.82) is 0 Å². The first kappa shape index (κ1) is 9.25. The van der Waals surface area contributed by atoms with Gasteiger partial charge in [-0.3, -0.25) is 5.10 Å². The largest absolute Gasteiger partial charge is 0.335 e. The molecule has 0 aliphatic rings. The molecule has 68 valence electrons. The third kappa shape index (κ3) is 2.07. The quantitative estimate of drug-likeness (QED) is 0.551. The minimum atomic E-state index is 0.480. The van der Waals surface area contributed by atoms with Crippen LogP contribution in [-0.4, -0.2) is 14.9 Å². The van der Waals surface area contributed by atoms with Crippen molar-refractivity contribution in [3.8, 4) is 0 Å². The van der Waals surface area contributed by atoms with Crippen LogP contribution >= 0.6 is 12.2 Å². The van der Waals surface area contributed by atoms with Crippen molar-refractivity contribution < 1.29 is 0 Å². The summed E-state index contributed by atoms with van der Waals surface area (Å²) in [6.07, 6.45) is 1.96. The first-order valence-electron chi connectivity index (χ1n) is 4.02. The highest BCUT2D eigenvalue weighted by molar-refractivity contribution is 7.71. The van der Waals surface area contributed by atoms with Crippen molar-refractivity contribution in [3.63, 3.8) is 0 Å². The van der Waals surface area contributed by atoms with Gasteiger partial charge in [-0.25, -0.2) is 4.68 Å². The fourth-order valence-electron chi connectivity index (χ4n) is 0.931. The standard InChI is InChI=1S/C7H14N4S/c1-5(2)3-4-6-9-10-7(12)11(6)8/h5H,3-4,8H2,1-2H3,(H,10,12). The molecule has 0 unspecified atom stereocenters. The molecular formula is C7H14N4S. The minimum absolute atomic E-state index is 0.480. The highest BCUT2D eigenvalue weighted by Gasteiger charge is 2.03. The van der Waals surface area contributed by atoms with Crippen LogP contribution in [0.5, 0.6) is 0 Å². The lowest BCUT2D eigenvalue weighted by atomic mass is 10.1. The van der Waals surface area contributed by atoms with Gasteiger partial charge in [0.2, 0.25) is 4.77 Å². The first-order chi connectivity index (χ1) is 5.61. The third-order valence-corrected chi connectivity index (χ3v) is 2.01. The molecule has 0 aromatic carbocycles. The Labute approximate surface area is 76.8 Å². The Morgan fingerprint density at radius 1 is 1.67 bits per heavy atom. The van der Waals surface area contributed by atoms with Gasteiger partial charge in [-0.05, 0) is 24.6 Å². The van der Waals surface area contributed by atoms with Crippen LogP contribution in [0.1, 0.15) is 26.1 Å². The van der Waals surface area contributed by atoms with E-state index in [9.17, 15) is 0 Å². The lowest BCUT2D eigenvalue weighted by Crippen LogP contribution is -2.13. The number of aromatic amines is 1. The molecule has 4 nitrogen and oxygen atoms in total. The number of aryl methyl sites for hydroxylation is 1. The predicted octanol–water partition coefficient (Wildman–Crippen LogP) is 1.24. The van der Waals surface area contributed by atoms with Crippen molar-refractivity contribution in [3.05, 3.63) is 10.6 Å². The number of aromatic nitrogens is 3. The second kappa shape index (κ2) is 3.71. The summed E-state index contributed by atoms with van der Waals surface area (Å²) in [5, 5.41) is 6.66. The molecular weight excluding hydrogens is 172 g/mol. The van der Waals surface area contributed by atoms with Crippen LogP contribution in [0, 0.1) is 10.7 Å². The van der Waals surface area contributed by atoms with E-state index in [0.29, 0.717) is 10.7 Å². The van der Waals surface area contributed by atoms with Gasteiger partial charge in [0.1, 0.15) is 0 Å². The maximum absolute atomic E-state index is 5.61. The summed E-state index contributed by atoms with van der Waals surface area (Å²) in [7, 11) is 0. The molecule has 0 radical (unpaired) electrons. The highest BCUT2D eigenvalue weighted by atomic mass is 32.1. The summed E-state index contributed by atoms with van der Waals surface area (Å²) in [5.41, 5.74) is 0. The van der Waals surface area contributed by atoms with Crippen LogP contribution in [0.25, 0.3) is 0 Å². The SMILES string of the molecule is CC(C)CCc1n[nH]c(=S)n1N. The third-order valence-electron chi connectivity index (χ3n) is 1.72. The van der Waals surface area contributed by atoms with Gasteiger partial charge < -0.3 is 5.84 Å². The van der Waals surface area contributed by atoms with Crippen molar-refractivity contribution in [2.45, 2.75) is 26.7 Å². The molecule has 0 spiro atoms. The molecule has 0 bridgehead atoms. The zero-order chi connectivity index (χ0) is 9.14. The van der Waals surface area contributed by atoms with Crippen LogP contribution in [0.4, 0.5) is 0 Å². The lowest BCUT2D eigenvalue weighted by molar-refractivity contribution is 0.568. The van der Waals surface area contributed by atoms with Crippen LogP contribution < -0.4 is 5.84 Å². The Hall–Kier alpha value is -0.840. The molecule has 0 fully saturated rings. The van der Waals surface area contributed by atoms with E-state index in [1.807, 2.05) is 0 Å². The Balaban J connectivity index is 2.64. The lowest BCUT2D eigenvalue weighted by Gasteiger charge is -2.02. The van der Waals surface area contributed by atoms with E-state index in [4.69, 9.17) is 18.1 Å². The Bertz CT molecular complexity index is 299. The average molecular weight is 186 g/mol. The molecule has 1 rings (SSSR count). The van der Waals surface area contributed by atoms with Gasteiger partial charge in [-0.15, -0.1) is 0 Å². The van der Waals surface area contributed by atoms with Crippen molar-refractivity contribution >= 4 is 12.2 Å². The summed E-state index contributed by atoms with van der Waals surface area (Å²) < 4.78 is 1.91. The summed E-state index contributed by atoms with van der Waals surface area (Å²) >= 11 is 4.87. The number of rotatable bonds is 3. The van der Waals surface area contributed by atoms with E-state index in [1.54, 1.807) is 0 Å². The monoisotopic (exact) mass is 186 g/mol. The van der Waals surface area contributed by atoms with Crippen molar-refractivity contribution in [2.75, 3.05) is 5.84 Å². The molecule has 1 aromatic rings. The fraction of sp³-hybridized carbons (Fsp3) is 0.714. The molecule has 0 atom stereocenters. The van der Waals surface area contributed by atoms with E-state index in [0.717, 1.165) is 18.7 Å². The topological polar surface area (TPSA) is 59.6 Å². The molecule has 0 amide bonds. The molecule has 0 saturated heterocycles. The number of nitrogen functional groups attached to an aromatic ring is 1. The Morgan fingerprint density at radius 3 is 2.75 bits per heavy atom. The van der Waals surface area contributed by atoms with Crippen molar-refractivity contribution in [1.82, 2.24) is 14.9 Å². The van der Waals surface area contributed by atoms with Gasteiger partial charge in [0, 0.05) is 6.42 Å². The zero-order valence-corrected chi connectivity index (χ0v) is 8.19. The van der Waals surface area contributed by atoms with E-state index in [2.05, 4.69) is 24.0 Å². The minimum Gasteiger partial charge on any atom is -0.335 e. The van der Waals surface area contributed by atoms with Gasteiger partial charge in [-0.1, -0.05) is 13.8 Å². The van der Waals surface area contributed by atoms with Gasteiger partial charge in [0.25, 0.3) is 0 Å². The Morgan fingerprint density at radius 2 is 2.33 bits per heavy atom. The molecule has 0 aliphatic carbocycles. The van der Waals surface area contributed by atoms with E-state index < -0.39 is 0 Å². The number of nitrogens with two attached hydrogens (primary N) is 1. The molecule has 1 aromatic heterocycles. The average Bonchev–Trinajstić information content (AvgIpc) is 2.30. The number of hydrogen-bond acceptors (Lipinski definition) is 3. The smallest absolute Gasteiger partial charge is 0.214 e. The maximum atomic E-state index is 5.61. The van der Waals surface area contributed by atoms with Crippen molar-refractivity contribution in [2.24, 2.45) is 5.92 Å². The van der Waals surface area contributed by atoms with Crippen LogP contribution in [0.15, 0.2) is 0 Å². The zero-order valence-electron chi connectivity index (χ0n) is 7.37. The molecule has 0 saturated carbocycles. The summed E-state index contributed by atoms with van der Waals surface area (Å²) in [6, 6.07) is 0. The van der Waals surface area contributed by atoms with E-state index in [1.165, 1.54) is 4.68 Å². The van der Waals surface area contributed by atoms with Crippen LogP contribution in [0.3, 0.4) is 0 Å². The fourth-order valence-corrected chi connectivity index (χ4v) is 1.08. The summed E-state index contributed by atoms with van der Waals surface area (Å²) in [5.74, 6) is 7.10. The molecule has 5 heteroatoms. The molecule has 1 heterocycles. The van der Waals surface area contributed by atoms with Gasteiger partial charge in [0.15, 0.2) is 5.82 Å². The molecule has 3 N–H and O–H groups in total. The normalized spacial score (nSPS) is 10.9. The number of hydrogen-bond donors (Lipinski definition) is 2. The Kier molecular flexibility index (Phi) is 2.86. The van der Waals surface area contributed by atoms with E-state index >= 15 is 0 Å². The van der Waals surface area contributed by atoms with Gasteiger partial charge in [-0.2, -0.15) is 5.10 Å². The van der Waals surface area contributed by atoms with Gasteiger partial charge >= 0.3 is 0 Å². The maximum Gasteiger partial charge on any atom is 0.214 e.